The summed E-state index contributed by atoms with van der Waals surface area (Å²) in [5, 5.41) is 1.17. The molecule has 1 unspecified atom stereocenters. The molecule has 0 N–H and O–H groups in total. The molecule has 25 heavy (non-hydrogen) atoms. The summed E-state index contributed by atoms with van der Waals surface area (Å²) in [6.45, 7) is 3.35. The highest BCUT2D eigenvalue weighted by molar-refractivity contribution is 5.93. The minimum Gasteiger partial charge on any atom is -0.448 e. The predicted octanol–water partition coefficient (Wildman–Crippen LogP) is 3.63. The smallest absolute Gasteiger partial charge is 0.276 e. The molecule has 3 heterocycles. The summed E-state index contributed by atoms with van der Waals surface area (Å²) in [5.74, 6) is 1.05. The Kier molecular flexibility index (Phi) is 4.22. The number of aryl methyl sites for hydroxylation is 1. The zero-order valence-corrected chi connectivity index (χ0v) is 14.3. The van der Waals surface area contributed by atoms with Gasteiger partial charge in [0.2, 0.25) is 0 Å². The lowest BCUT2D eigenvalue weighted by molar-refractivity contribution is 0.0666. The first-order valence-electron chi connectivity index (χ1n) is 8.74. The maximum Gasteiger partial charge on any atom is 0.276 e. The van der Waals surface area contributed by atoms with Crippen LogP contribution in [0.2, 0.25) is 0 Å². The number of pyridine rings is 1. The first kappa shape index (κ1) is 15.8. The number of rotatable bonds is 3. The van der Waals surface area contributed by atoms with Crippen molar-refractivity contribution >= 4 is 16.8 Å². The van der Waals surface area contributed by atoms with Crippen LogP contribution in [-0.4, -0.2) is 33.9 Å². The lowest BCUT2D eigenvalue weighted by Crippen LogP contribution is -2.40. The fourth-order valence-corrected chi connectivity index (χ4v) is 3.66. The van der Waals surface area contributed by atoms with Crippen LogP contribution in [0, 0.1) is 12.8 Å². The fraction of sp³-hybridized carbons (Fsp3) is 0.350. The zero-order valence-electron chi connectivity index (χ0n) is 14.3. The second-order valence-corrected chi connectivity index (χ2v) is 6.75. The number of aromatic nitrogens is 2. The number of carbonyl (C=O) groups excluding carboxylic acids is 1. The number of benzene rings is 1. The van der Waals surface area contributed by atoms with Crippen molar-refractivity contribution in [3.05, 3.63) is 59.9 Å². The Labute approximate surface area is 146 Å². The molecule has 0 aliphatic carbocycles. The molecule has 5 nitrogen and oxygen atoms in total. The van der Waals surface area contributed by atoms with Crippen molar-refractivity contribution in [1.82, 2.24) is 14.9 Å². The van der Waals surface area contributed by atoms with Gasteiger partial charge in [-0.25, -0.2) is 4.98 Å². The summed E-state index contributed by atoms with van der Waals surface area (Å²) in [6.07, 6.45) is 6.31. The van der Waals surface area contributed by atoms with Crippen LogP contribution in [0.25, 0.3) is 10.9 Å². The van der Waals surface area contributed by atoms with Gasteiger partial charge in [-0.1, -0.05) is 12.1 Å². The van der Waals surface area contributed by atoms with Crippen molar-refractivity contribution in [1.29, 1.82) is 0 Å². The van der Waals surface area contributed by atoms with E-state index in [4.69, 9.17) is 4.42 Å². The summed E-state index contributed by atoms with van der Waals surface area (Å²) < 4.78 is 5.18. The van der Waals surface area contributed by atoms with Gasteiger partial charge in [-0.15, -0.1) is 0 Å². The number of amides is 1. The Hall–Kier alpha value is -2.69. The van der Waals surface area contributed by atoms with Gasteiger partial charge in [0, 0.05) is 24.7 Å². The third-order valence-electron chi connectivity index (χ3n) is 4.95. The lowest BCUT2D eigenvalue weighted by atomic mass is 9.90. The largest absolute Gasteiger partial charge is 0.448 e. The van der Waals surface area contributed by atoms with Crippen molar-refractivity contribution in [2.75, 3.05) is 13.1 Å². The second-order valence-electron chi connectivity index (χ2n) is 6.75. The summed E-state index contributed by atoms with van der Waals surface area (Å²) in [6, 6.07) is 10.5. The van der Waals surface area contributed by atoms with E-state index >= 15 is 0 Å². The van der Waals surface area contributed by atoms with E-state index in [-0.39, 0.29) is 5.91 Å². The van der Waals surface area contributed by atoms with E-state index in [0.29, 0.717) is 17.4 Å². The van der Waals surface area contributed by atoms with Gasteiger partial charge < -0.3 is 9.32 Å². The molecule has 1 aliphatic rings. The molecule has 1 aromatic carbocycles. The second kappa shape index (κ2) is 6.67. The maximum absolute atomic E-state index is 12.6. The van der Waals surface area contributed by atoms with E-state index in [2.05, 4.69) is 34.2 Å². The van der Waals surface area contributed by atoms with E-state index in [1.165, 1.54) is 17.3 Å². The minimum atomic E-state index is -0.0151. The topological polar surface area (TPSA) is 59.2 Å². The molecule has 5 heteroatoms. The quantitative estimate of drug-likeness (QED) is 0.733. The summed E-state index contributed by atoms with van der Waals surface area (Å²) >= 11 is 0. The van der Waals surface area contributed by atoms with Crippen molar-refractivity contribution < 1.29 is 9.21 Å². The van der Waals surface area contributed by atoms with Crippen LogP contribution in [0.4, 0.5) is 0 Å². The molecule has 128 valence electrons. The summed E-state index contributed by atoms with van der Waals surface area (Å²) in [7, 11) is 0. The first-order valence-corrected chi connectivity index (χ1v) is 8.74. The van der Waals surface area contributed by atoms with Gasteiger partial charge >= 0.3 is 0 Å². The van der Waals surface area contributed by atoms with E-state index < -0.39 is 0 Å². The van der Waals surface area contributed by atoms with Gasteiger partial charge in [0.15, 0.2) is 12.1 Å². The molecule has 0 saturated carbocycles. The predicted molar refractivity (Wildman–Crippen MR) is 95.3 cm³/mol. The normalized spacial score (nSPS) is 17.8. The monoisotopic (exact) mass is 335 g/mol. The van der Waals surface area contributed by atoms with Crippen molar-refractivity contribution in [3.63, 3.8) is 0 Å². The number of carbonyl (C=O) groups is 1. The van der Waals surface area contributed by atoms with E-state index in [9.17, 15) is 4.79 Å². The van der Waals surface area contributed by atoms with Crippen LogP contribution >= 0.6 is 0 Å². The highest BCUT2D eigenvalue weighted by atomic mass is 16.3. The molecule has 0 bridgehead atoms. The van der Waals surface area contributed by atoms with Crippen LogP contribution in [0.3, 0.4) is 0 Å². The SMILES string of the molecule is Cc1ocnc1C(=O)N1CCCC(Cc2ccc3ncccc3c2)C1. The average molecular weight is 335 g/mol. The maximum atomic E-state index is 12.6. The lowest BCUT2D eigenvalue weighted by Gasteiger charge is -2.32. The molecule has 1 amide bonds. The van der Waals surface area contributed by atoms with E-state index in [0.717, 1.165) is 37.9 Å². The third kappa shape index (κ3) is 3.27. The molecule has 1 atom stereocenters. The average Bonchev–Trinajstić information content (AvgIpc) is 3.07. The Bertz CT molecular complexity index is 903. The van der Waals surface area contributed by atoms with Gasteiger partial charge in [0.1, 0.15) is 5.76 Å². The van der Waals surface area contributed by atoms with Crippen molar-refractivity contribution in [3.8, 4) is 0 Å². The van der Waals surface area contributed by atoms with Crippen molar-refractivity contribution in [2.24, 2.45) is 5.92 Å². The Morgan fingerprint density at radius 3 is 3.08 bits per heavy atom. The number of hydrogen-bond donors (Lipinski definition) is 0. The van der Waals surface area contributed by atoms with Crippen molar-refractivity contribution in [2.45, 2.75) is 26.2 Å². The zero-order chi connectivity index (χ0) is 17.2. The number of nitrogens with zero attached hydrogens (tertiary/aromatic N) is 3. The highest BCUT2D eigenvalue weighted by Crippen LogP contribution is 2.24. The van der Waals surface area contributed by atoms with E-state index in [1.54, 1.807) is 6.92 Å². The van der Waals surface area contributed by atoms with Gasteiger partial charge in [-0.05, 0) is 55.9 Å². The highest BCUT2D eigenvalue weighted by Gasteiger charge is 2.27. The number of fused-ring (bicyclic) bond motifs is 1. The van der Waals surface area contributed by atoms with Gasteiger partial charge in [-0.3, -0.25) is 9.78 Å². The van der Waals surface area contributed by atoms with Crippen LogP contribution < -0.4 is 0 Å². The molecule has 1 aliphatic heterocycles. The number of piperidine rings is 1. The Morgan fingerprint density at radius 1 is 1.32 bits per heavy atom. The molecule has 1 fully saturated rings. The van der Waals surface area contributed by atoms with Crippen LogP contribution in [0.15, 0.2) is 47.3 Å². The molecule has 1 saturated heterocycles. The number of likely N-dealkylation sites (tertiary alicyclic amines) is 1. The van der Waals surface area contributed by atoms with Crippen LogP contribution in [0.1, 0.15) is 34.7 Å². The minimum absolute atomic E-state index is 0.0151. The summed E-state index contributed by atoms with van der Waals surface area (Å²) in [5.41, 5.74) is 2.77. The van der Waals surface area contributed by atoms with Gasteiger partial charge in [-0.2, -0.15) is 0 Å². The number of oxazole rings is 1. The molecule has 0 radical (unpaired) electrons. The van der Waals surface area contributed by atoms with Gasteiger partial charge in [0.25, 0.3) is 5.91 Å². The molecular formula is C20H21N3O2. The van der Waals surface area contributed by atoms with Crippen LogP contribution in [0.5, 0.6) is 0 Å². The van der Waals surface area contributed by atoms with E-state index in [1.807, 2.05) is 17.2 Å². The molecule has 4 rings (SSSR count). The third-order valence-corrected chi connectivity index (χ3v) is 4.95. The summed E-state index contributed by atoms with van der Waals surface area (Å²) in [4.78, 5) is 23.0. The standard InChI is InChI=1S/C20H21N3O2/c1-14-19(22-13-25-14)20(24)23-9-3-4-16(12-23)10-15-6-7-18-17(11-15)5-2-8-21-18/h2,5-8,11,13,16H,3-4,9-10,12H2,1H3. The Balaban J connectivity index is 1.47. The number of hydrogen-bond acceptors (Lipinski definition) is 4. The fourth-order valence-electron chi connectivity index (χ4n) is 3.66. The Morgan fingerprint density at radius 2 is 2.24 bits per heavy atom. The first-order chi connectivity index (χ1) is 12.2. The molecular weight excluding hydrogens is 314 g/mol. The van der Waals surface area contributed by atoms with Gasteiger partial charge in [0.05, 0.1) is 5.52 Å². The molecule has 0 spiro atoms. The van der Waals surface area contributed by atoms with Crippen LogP contribution in [-0.2, 0) is 6.42 Å². The molecule has 2 aromatic heterocycles. The molecule has 3 aromatic rings.